The monoisotopic (exact) mass is 375 g/mol. The van der Waals surface area contributed by atoms with Crippen LogP contribution in [-0.4, -0.2) is 61.6 Å². The van der Waals surface area contributed by atoms with E-state index in [-0.39, 0.29) is 17.4 Å². The molecule has 1 aromatic rings. The standard InChI is InChI=1S/C21H33N3O3/c1-16(2)14-27-18-8-6-17(7-9-18)21(3,4)15-22-20(26)24-11-10-19(25)23(5)12-13-24/h6-9,16H,10-15H2,1-5H3,(H,22,26). The van der Waals surface area contributed by atoms with Gasteiger partial charge in [-0.3, -0.25) is 4.79 Å². The van der Waals surface area contributed by atoms with E-state index in [1.807, 2.05) is 12.1 Å². The average Bonchev–Trinajstić information content (AvgIpc) is 2.80. The molecule has 1 saturated heterocycles. The predicted octanol–water partition coefficient (Wildman–Crippen LogP) is 2.87. The Labute approximate surface area is 162 Å². The number of likely N-dealkylation sites (N-methyl/N-ethyl adjacent to an activating group) is 1. The van der Waals surface area contributed by atoms with Gasteiger partial charge in [0.15, 0.2) is 0 Å². The smallest absolute Gasteiger partial charge is 0.317 e. The summed E-state index contributed by atoms with van der Waals surface area (Å²) >= 11 is 0. The SMILES string of the molecule is CC(C)COc1ccc(C(C)(C)CNC(=O)N2CCC(=O)N(C)CC2)cc1. The number of carbonyl (C=O) groups excluding carboxylic acids is 2. The van der Waals surface area contributed by atoms with Crippen molar-refractivity contribution in [1.82, 2.24) is 15.1 Å². The van der Waals surface area contributed by atoms with Crippen LogP contribution in [0.2, 0.25) is 0 Å². The van der Waals surface area contributed by atoms with Gasteiger partial charge in [-0.25, -0.2) is 4.79 Å². The molecule has 27 heavy (non-hydrogen) atoms. The number of amides is 3. The molecule has 1 fully saturated rings. The van der Waals surface area contributed by atoms with Gasteiger partial charge in [-0.1, -0.05) is 39.8 Å². The lowest BCUT2D eigenvalue weighted by atomic mass is 9.84. The highest BCUT2D eigenvalue weighted by Crippen LogP contribution is 2.25. The van der Waals surface area contributed by atoms with Crippen LogP contribution in [0.5, 0.6) is 5.75 Å². The van der Waals surface area contributed by atoms with E-state index in [1.165, 1.54) is 0 Å². The minimum absolute atomic E-state index is 0.0883. The third kappa shape index (κ3) is 6.15. The largest absolute Gasteiger partial charge is 0.493 e. The van der Waals surface area contributed by atoms with Gasteiger partial charge in [0.05, 0.1) is 6.61 Å². The molecule has 0 bridgehead atoms. The molecule has 0 aromatic heterocycles. The second-order valence-electron chi connectivity index (χ2n) is 8.32. The summed E-state index contributed by atoms with van der Waals surface area (Å²) in [5.41, 5.74) is 0.940. The molecule has 150 valence electrons. The fourth-order valence-electron chi connectivity index (χ4n) is 2.91. The number of benzene rings is 1. The molecular formula is C21H33N3O3. The van der Waals surface area contributed by atoms with Crippen molar-refractivity contribution in [3.8, 4) is 5.75 Å². The third-order valence-corrected chi connectivity index (χ3v) is 4.91. The van der Waals surface area contributed by atoms with Crippen LogP contribution in [0.3, 0.4) is 0 Å². The Hall–Kier alpha value is -2.24. The Balaban J connectivity index is 1.89. The normalized spacial score (nSPS) is 15.7. The minimum Gasteiger partial charge on any atom is -0.493 e. The van der Waals surface area contributed by atoms with Crippen molar-refractivity contribution in [3.63, 3.8) is 0 Å². The van der Waals surface area contributed by atoms with E-state index in [2.05, 4.69) is 45.1 Å². The number of nitrogens with one attached hydrogen (secondary N) is 1. The maximum Gasteiger partial charge on any atom is 0.317 e. The van der Waals surface area contributed by atoms with Gasteiger partial charge in [0, 0.05) is 45.1 Å². The first-order valence-electron chi connectivity index (χ1n) is 9.69. The van der Waals surface area contributed by atoms with E-state index in [0.29, 0.717) is 45.1 Å². The second kappa shape index (κ2) is 9.11. The molecule has 2 rings (SSSR count). The van der Waals surface area contributed by atoms with Gasteiger partial charge in [0.2, 0.25) is 5.91 Å². The van der Waals surface area contributed by atoms with Crippen molar-refractivity contribution in [2.24, 2.45) is 5.92 Å². The zero-order valence-corrected chi connectivity index (χ0v) is 17.2. The topological polar surface area (TPSA) is 61.9 Å². The summed E-state index contributed by atoms with van der Waals surface area (Å²) in [6.45, 7) is 11.3. The fourth-order valence-corrected chi connectivity index (χ4v) is 2.91. The van der Waals surface area contributed by atoms with Crippen LogP contribution in [0.25, 0.3) is 0 Å². The average molecular weight is 376 g/mol. The molecule has 1 aliphatic heterocycles. The lowest BCUT2D eigenvalue weighted by Gasteiger charge is -2.28. The summed E-state index contributed by atoms with van der Waals surface area (Å²) in [6.07, 6.45) is 0.380. The van der Waals surface area contributed by atoms with Crippen molar-refractivity contribution in [2.75, 3.05) is 39.8 Å². The van der Waals surface area contributed by atoms with Gasteiger partial charge in [-0.05, 0) is 23.6 Å². The Bertz CT molecular complexity index is 641. The van der Waals surface area contributed by atoms with Crippen LogP contribution in [0.1, 0.15) is 39.7 Å². The number of hydrogen-bond acceptors (Lipinski definition) is 3. The highest BCUT2D eigenvalue weighted by atomic mass is 16.5. The van der Waals surface area contributed by atoms with Gasteiger partial charge in [0.25, 0.3) is 0 Å². The maximum absolute atomic E-state index is 12.5. The van der Waals surface area contributed by atoms with Crippen LogP contribution >= 0.6 is 0 Å². The lowest BCUT2D eigenvalue weighted by molar-refractivity contribution is -0.129. The molecule has 0 spiro atoms. The molecule has 0 unspecified atom stereocenters. The Morgan fingerprint density at radius 2 is 1.85 bits per heavy atom. The van der Waals surface area contributed by atoms with Crippen LogP contribution in [-0.2, 0) is 10.2 Å². The fraction of sp³-hybridized carbons (Fsp3) is 0.619. The number of hydrogen-bond donors (Lipinski definition) is 1. The van der Waals surface area contributed by atoms with E-state index in [9.17, 15) is 9.59 Å². The molecule has 1 aromatic carbocycles. The number of ether oxygens (including phenoxy) is 1. The molecule has 1 aliphatic rings. The van der Waals surface area contributed by atoms with Crippen molar-refractivity contribution in [3.05, 3.63) is 29.8 Å². The van der Waals surface area contributed by atoms with Gasteiger partial charge < -0.3 is 19.9 Å². The predicted molar refractivity (Wildman–Crippen MR) is 107 cm³/mol. The summed E-state index contributed by atoms with van der Waals surface area (Å²) in [7, 11) is 1.78. The van der Waals surface area contributed by atoms with E-state index < -0.39 is 0 Å². The summed E-state index contributed by atoms with van der Waals surface area (Å²) < 4.78 is 5.73. The molecular weight excluding hydrogens is 342 g/mol. The minimum atomic E-state index is -0.204. The van der Waals surface area contributed by atoms with Crippen LogP contribution in [0.15, 0.2) is 24.3 Å². The maximum atomic E-state index is 12.5. The van der Waals surface area contributed by atoms with Crippen molar-refractivity contribution in [1.29, 1.82) is 0 Å². The number of nitrogens with zero attached hydrogens (tertiary/aromatic N) is 2. The zero-order chi connectivity index (χ0) is 20.0. The molecule has 0 saturated carbocycles. The first-order chi connectivity index (χ1) is 12.7. The van der Waals surface area contributed by atoms with E-state index in [1.54, 1.807) is 16.8 Å². The molecule has 1 N–H and O–H groups in total. The molecule has 0 atom stereocenters. The van der Waals surface area contributed by atoms with E-state index in [4.69, 9.17) is 4.74 Å². The summed E-state index contributed by atoms with van der Waals surface area (Å²) in [5.74, 6) is 1.45. The highest BCUT2D eigenvalue weighted by Gasteiger charge is 2.25. The molecule has 6 nitrogen and oxygen atoms in total. The Morgan fingerprint density at radius 3 is 2.48 bits per heavy atom. The third-order valence-electron chi connectivity index (χ3n) is 4.91. The number of rotatable bonds is 6. The summed E-state index contributed by atoms with van der Waals surface area (Å²) in [6, 6.07) is 7.97. The molecule has 0 aliphatic carbocycles. The van der Waals surface area contributed by atoms with Crippen molar-refractivity contribution < 1.29 is 14.3 Å². The van der Waals surface area contributed by atoms with Gasteiger partial charge in [0.1, 0.15) is 5.75 Å². The van der Waals surface area contributed by atoms with Crippen LogP contribution < -0.4 is 10.1 Å². The zero-order valence-electron chi connectivity index (χ0n) is 17.2. The van der Waals surface area contributed by atoms with E-state index in [0.717, 1.165) is 11.3 Å². The summed E-state index contributed by atoms with van der Waals surface area (Å²) in [4.78, 5) is 27.7. The summed E-state index contributed by atoms with van der Waals surface area (Å²) in [5, 5.41) is 3.03. The number of carbonyl (C=O) groups is 2. The molecule has 6 heteroatoms. The van der Waals surface area contributed by atoms with Crippen molar-refractivity contribution in [2.45, 2.75) is 39.5 Å². The van der Waals surface area contributed by atoms with Gasteiger partial charge in [-0.2, -0.15) is 0 Å². The quantitative estimate of drug-likeness (QED) is 0.832. The Morgan fingerprint density at radius 1 is 1.19 bits per heavy atom. The highest BCUT2D eigenvalue weighted by molar-refractivity contribution is 5.79. The lowest BCUT2D eigenvalue weighted by Crippen LogP contribution is -2.45. The van der Waals surface area contributed by atoms with Crippen molar-refractivity contribution >= 4 is 11.9 Å². The van der Waals surface area contributed by atoms with Crippen LogP contribution in [0, 0.1) is 5.92 Å². The molecule has 3 amide bonds. The first-order valence-corrected chi connectivity index (χ1v) is 9.69. The van der Waals surface area contributed by atoms with Gasteiger partial charge in [-0.15, -0.1) is 0 Å². The number of urea groups is 1. The molecule has 0 radical (unpaired) electrons. The van der Waals surface area contributed by atoms with Crippen LogP contribution in [0.4, 0.5) is 4.79 Å². The first kappa shape index (κ1) is 21.1. The Kier molecular flexibility index (Phi) is 7.11. The second-order valence-corrected chi connectivity index (χ2v) is 8.32. The van der Waals surface area contributed by atoms with E-state index >= 15 is 0 Å². The molecule has 1 heterocycles. The van der Waals surface area contributed by atoms with Gasteiger partial charge >= 0.3 is 6.03 Å².